The van der Waals surface area contributed by atoms with E-state index in [0.717, 1.165) is 12.5 Å². The molecule has 0 aliphatic heterocycles. The Morgan fingerprint density at radius 2 is 1.85 bits per heavy atom. The molecular formula is C15H19F3N2. The molecule has 0 aliphatic rings. The zero-order valence-corrected chi connectivity index (χ0v) is 12.1. The fraction of sp³-hybridized carbons (Fsp3) is 0.533. The standard InChI is InChI=1S/C15H19F3N2/c1-10(2)7-11(3)20(4)13-6-5-12(9-19)14(8-13)15(16,17)18/h5-6,8,10-11H,7H2,1-4H3. The van der Waals surface area contributed by atoms with Crippen molar-refractivity contribution in [1.29, 1.82) is 5.26 Å². The van der Waals surface area contributed by atoms with E-state index in [2.05, 4.69) is 13.8 Å². The van der Waals surface area contributed by atoms with Crippen LogP contribution in [0.3, 0.4) is 0 Å². The highest BCUT2D eigenvalue weighted by atomic mass is 19.4. The molecule has 0 spiro atoms. The summed E-state index contributed by atoms with van der Waals surface area (Å²) in [7, 11) is 1.77. The van der Waals surface area contributed by atoms with Crippen molar-refractivity contribution in [3.05, 3.63) is 29.3 Å². The van der Waals surface area contributed by atoms with Crippen molar-refractivity contribution in [3.8, 4) is 6.07 Å². The largest absolute Gasteiger partial charge is 0.417 e. The highest BCUT2D eigenvalue weighted by Crippen LogP contribution is 2.34. The van der Waals surface area contributed by atoms with Gasteiger partial charge in [-0.15, -0.1) is 0 Å². The topological polar surface area (TPSA) is 27.0 Å². The Labute approximate surface area is 117 Å². The molecule has 0 saturated carbocycles. The smallest absolute Gasteiger partial charge is 0.372 e. The molecule has 5 heteroatoms. The van der Waals surface area contributed by atoms with Gasteiger partial charge in [0.25, 0.3) is 0 Å². The summed E-state index contributed by atoms with van der Waals surface area (Å²) in [5, 5.41) is 8.78. The normalized spacial score (nSPS) is 13.2. The Kier molecular flexibility index (Phi) is 5.04. The van der Waals surface area contributed by atoms with Crippen LogP contribution in [-0.2, 0) is 6.18 Å². The number of rotatable bonds is 4. The molecule has 1 rings (SSSR count). The number of nitrogens with zero attached hydrogens (tertiary/aromatic N) is 2. The number of alkyl halides is 3. The van der Waals surface area contributed by atoms with Crippen LogP contribution in [0.15, 0.2) is 18.2 Å². The van der Waals surface area contributed by atoms with E-state index in [-0.39, 0.29) is 11.6 Å². The lowest BCUT2D eigenvalue weighted by Crippen LogP contribution is -2.30. The molecule has 1 unspecified atom stereocenters. The minimum absolute atomic E-state index is 0.129. The number of hydrogen-bond donors (Lipinski definition) is 0. The minimum Gasteiger partial charge on any atom is -0.372 e. The van der Waals surface area contributed by atoms with Gasteiger partial charge in [0.2, 0.25) is 0 Å². The van der Waals surface area contributed by atoms with E-state index in [0.29, 0.717) is 11.6 Å². The number of hydrogen-bond acceptors (Lipinski definition) is 2. The minimum atomic E-state index is -4.51. The van der Waals surface area contributed by atoms with E-state index >= 15 is 0 Å². The highest BCUT2D eigenvalue weighted by molar-refractivity contribution is 5.54. The second-order valence-corrected chi connectivity index (χ2v) is 5.43. The molecule has 110 valence electrons. The van der Waals surface area contributed by atoms with Crippen LogP contribution >= 0.6 is 0 Å². The quantitative estimate of drug-likeness (QED) is 0.817. The first kappa shape index (κ1) is 16.4. The van der Waals surface area contributed by atoms with Crippen LogP contribution in [0.1, 0.15) is 38.3 Å². The monoisotopic (exact) mass is 284 g/mol. The zero-order valence-electron chi connectivity index (χ0n) is 12.1. The van der Waals surface area contributed by atoms with Gasteiger partial charge in [0, 0.05) is 18.8 Å². The molecule has 1 atom stereocenters. The Morgan fingerprint density at radius 3 is 2.30 bits per heavy atom. The third kappa shape index (κ3) is 3.89. The molecule has 0 heterocycles. The maximum absolute atomic E-state index is 12.9. The first-order valence-corrected chi connectivity index (χ1v) is 6.51. The molecule has 0 aromatic heterocycles. The van der Waals surface area contributed by atoms with Gasteiger partial charge in [-0.05, 0) is 37.5 Å². The summed E-state index contributed by atoms with van der Waals surface area (Å²) in [5.41, 5.74) is -0.739. The van der Waals surface area contributed by atoms with Crippen molar-refractivity contribution in [2.75, 3.05) is 11.9 Å². The van der Waals surface area contributed by atoms with Gasteiger partial charge in [0.15, 0.2) is 0 Å². The predicted molar refractivity (Wildman–Crippen MR) is 73.5 cm³/mol. The van der Waals surface area contributed by atoms with E-state index in [1.165, 1.54) is 6.07 Å². The molecule has 0 fully saturated rings. The van der Waals surface area contributed by atoms with Gasteiger partial charge >= 0.3 is 6.18 Å². The fourth-order valence-electron chi connectivity index (χ4n) is 2.18. The van der Waals surface area contributed by atoms with E-state index < -0.39 is 11.7 Å². The summed E-state index contributed by atoms with van der Waals surface area (Å²) >= 11 is 0. The van der Waals surface area contributed by atoms with Crippen molar-refractivity contribution in [2.24, 2.45) is 5.92 Å². The lowest BCUT2D eigenvalue weighted by molar-refractivity contribution is -0.137. The van der Waals surface area contributed by atoms with E-state index in [1.807, 2.05) is 11.8 Å². The molecule has 0 amide bonds. The molecule has 0 saturated heterocycles. The molecule has 1 aromatic carbocycles. The van der Waals surface area contributed by atoms with Gasteiger partial charge in [-0.25, -0.2) is 0 Å². The number of halogens is 3. The van der Waals surface area contributed by atoms with Crippen LogP contribution in [-0.4, -0.2) is 13.1 Å². The molecular weight excluding hydrogens is 265 g/mol. The van der Waals surface area contributed by atoms with Gasteiger partial charge in [-0.2, -0.15) is 18.4 Å². The third-order valence-electron chi connectivity index (χ3n) is 3.31. The maximum atomic E-state index is 12.9. The molecule has 1 aromatic rings. The van der Waals surface area contributed by atoms with Crippen LogP contribution < -0.4 is 4.90 Å². The van der Waals surface area contributed by atoms with Crippen LogP contribution in [0.2, 0.25) is 0 Å². The van der Waals surface area contributed by atoms with Gasteiger partial charge in [0.05, 0.1) is 17.2 Å². The van der Waals surface area contributed by atoms with E-state index in [1.54, 1.807) is 19.2 Å². The Hall–Kier alpha value is -1.70. The van der Waals surface area contributed by atoms with Gasteiger partial charge in [0.1, 0.15) is 0 Å². The van der Waals surface area contributed by atoms with Crippen molar-refractivity contribution >= 4 is 5.69 Å². The number of anilines is 1. The van der Waals surface area contributed by atoms with Crippen molar-refractivity contribution in [1.82, 2.24) is 0 Å². The first-order valence-electron chi connectivity index (χ1n) is 6.51. The summed E-state index contributed by atoms with van der Waals surface area (Å²) in [6.45, 7) is 6.12. The summed E-state index contributed by atoms with van der Waals surface area (Å²) in [5.74, 6) is 0.466. The number of benzene rings is 1. The second-order valence-electron chi connectivity index (χ2n) is 5.43. The van der Waals surface area contributed by atoms with Crippen molar-refractivity contribution in [2.45, 2.75) is 39.4 Å². The van der Waals surface area contributed by atoms with Crippen molar-refractivity contribution in [3.63, 3.8) is 0 Å². The number of nitriles is 1. The molecule has 20 heavy (non-hydrogen) atoms. The Bertz CT molecular complexity index is 501. The van der Waals surface area contributed by atoms with Crippen LogP contribution in [0, 0.1) is 17.2 Å². The van der Waals surface area contributed by atoms with Gasteiger partial charge < -0.3 is 4.90 Å². The molecule has 0 bridgehead atoms. The van der Waals surface area contributed by atoms with Crippen molar-refractivity contribution < 1.29 is 13.2 Å². The summed E-state index contributed by atoms with van der Waals surface area (Å²) in [6, 6.07) is 5.56. The Balaban J connectivity index is 3.12. The van der Waals surface area contributed by atoms with E-state index in [4.69, 9.17) is 5.26 Å². The van der Waals surface area contributed by atoms with Gasteiger partial charge in [-0.3, -0.25) is 0 Å². The average Bonchev–Trinajstić information content (AvgIpc) is 2.35. The maximum Gasteiger partial charge on any atom is 0.417 e. The third-order valence-corrected chi connectivity index (χ3v) is 3.31. The van der Waals surface area contributed by atoms with Crippen LogP contribution in [0.4, 0.5) is 18.9 Å². The summed E-state index contributed by atoms with van der Waals surface area (Å²) in [6.07, 6.45) is -3.62. The molecule has 0 aliphatic carbocycles. The highest BCUT2D eigenvalue weighted by Gasteiger charge is 2.34. The predicted octanol–water partition coefficient (Wildman–Crippen LogP) is 4.45. The van der Waals surface area contributed by atoms with Crippen LogP contribution in [0.5, 0.6) is 0 Å². The summed E-state index contributed by atoms with van der Waals surface area (Å²) < 4.78 is 38.8. The van der Waals surface area contributed by atoms with Crippen LogP contribution in [0.25, 0.3) is 0 Å². The molecule has 2 nitrogen and oxygen atoms in total. The van der Waals surface area contributed by atoms with E-state index in [9.17, 15) is 13.2 Å². The average molecular weight is 284 g/mol. The first-order chi connectivity index (χ1) is 9.16. The van der Waals surface area contributed by atoms with Gasteiger partial charge in [-0.1, -0.05) is 13.8 Å². The summed E-state index contributed by atoms with van der Waals surface area (Å²) in [4.78, 5) is 1.82. The Morgan fingerprint density at radius 1 is 1.25 bits per heavy atom. The second kappa shape index (κ2) is 6.17. The SMILES string of the molecule is CC(C)CC(C)N(C)c1ccc(C#N)c(C(F)(F)F)c1. The lowest BCUT2D eigenvalue weighted by atomic mass is 10.0. The zero-order chi connectivity index (χ0) is 15.5. The fourth-order valence-corrected chi connectivity index (χ4v) is 2.18. The lowest BCUT2D eigenvalue weighted by Gasteiger charge is -2.29. The molecule has 0 radical (unpaired) electrons. The molecule has 0 N–H and O–H groups in total.